The number of hydrogen-bond donors (Lipinski definition) is 0. The van der Waals surface area contributed by atoms with Crippen LogP contribution >= 0.6 is 0 Å². The summed E-state index contributed by atoms with van der Waals surface area (Å²) >= 11 is 0. The van der Waals surface area contributed by atoms with E-state index in [2.05, 4.69) is 19.1 Å². The van der Waals surface area contributed by atoms with Crippen LogP contribution in [0.3, 0.4) is 0 Å². The van der Waals surface area contributed by atoms with Gasteiger partial charge in [0, 0.05) is 5.57 Å². The molecule has 10 heavy (non-hydrogen) atoms. The van der Waals surface area contributed by atoms with Gasteiger partial charge >= 0.3 is 0 Å². The highest BCUT2D eigenvalue weighted by atomic mass is 13.8. The van der Waals surface area contributed by atoms with Gasteiger partial charge in [-0.15, -0.1) is 6.42 Å². The molecule has 0 amide bonds. The first-order chi connectivity index (χ1) is 4.85. The molecule has 0 aliphatic rings. The van der Waals surface area contributed by atoms with Crippen LogP contribution in [0.2, 0.25) is 0 Å². The normalized spacial score (nSPS) is 8.30. The number of terminal acetylenes is 1. The molecular formula is C10H14. The second-order valence-electron chi connectivity index (χ2n) is 1.21. The lowest BCUT2D eigenvalue weighted by atomic mass is 10.2. The zero-order valence-corrected chi connectivity index (χ0v) is 6.72. The lowest BCUT2D eigenvalue weighted by Crippen LogP contribution is -1.64. The van der Waals surface area contributed by atoms with Crippen LogP contribution in [0.4, 0.5) is 0 Å². The highest BCUT2D eigenvalue weighted by Gasteiger charge is 1.74. The summed E-state index contributed by atoms with van der Waals surface area (Å²) in [5.41, 5.74) is 0.764. The van der Waals surface area contributed by atoms with E-state index < -0.39 is 0 Å². The van der Waals surface area contributed by atoms with Gasteiger partial charge in [-0.25, -0.2) is 0 Å². The maximum absolute atomic E-state index is 5.03. The van der Waals surface area contributed by atoms with Crippen molar-refractivity contribution in [2.75, 3.05) is 0 Å². The molecular weight excluding hydrogens is 120 g/mol. The lowest BCUT2D eigenvalue weighted by Gasteiger charge is -1.80. The summed E-state index contributed by atoms with van der Waals surface area (Å²) < 4.78 is 0. The molecule has 0 N–H and O–H groups in total. The average Bonchev–Trinajstić information content (AvgIpc) is 2.04. The van der Waals surface area contributed by atoms with E-state index >= 15 is 0 Å². The van der Waals surface area contributed by atoms with E-state index in [4.69, 9.17) is 6.42 Å². The molecule has 0 heterocycles. The Morgan fingerprint density at radius 2 is 1.90 bits per heavy atom. The van der Waals surface area contributed by atoms with Crippen LogP contribution in [0.1, 0.15) is 13.8 Å². The third-order valence-corrected chi connectivity index (χ3v) is 0.684. The van der Waals surface area contributed by atoms with Crippen LogP contribution in [-0.2, 0) is 0 Å². The molecule has 0 atom stereocenters. The highest BCUT2D eigenvalue weighted by molar-refractivity contribution is 5.36. The molecule has 0 unspecified atom stereocenters. The van der Waals surface area contributed by atoms with Crippen LogP contribution in [-0.4, -0.2) is 0 Å². The molecule has 0 heteroatoms. The molecule has 0 fully saturated rings. The molecule has 0 saturated carbocycles. The Morgan fingerprint density at radius 3 is 2.00 bits per heavy atom. The van der Waals surface area contributed by atoms with E-state index in [-0.39, 0.29) is 0 Å². The topological polar surface area (TPSA) is 0 Å². The molecule has 0 rings (SSSR count). The molecule has 0 nitrogen and oxygen atoms in total. The maximum atomic E-state index is 5.03. The fraction of sp³-hybridized carbons (Fsp3) is 0.200. The average molecular weight is 134 g/mol. The van der Waals surface area contributed by atoms with E-state index in [1.807, 2.05) is 13.8 Å². The van der Waals surface area contributed by atoms with Gasteiger partial charge in [0.1, 0.15) is 0 Å². The molecule has 0 aliphatic heterocycles. The monoisotopic (exact) mass is 134 g/mol. The minimum atomic E-state index is 0.764. The van der Waals surface area contributed by atoms with Gasteiger partial charge in [0.05, 0.1) is 0 Å². The minimum Gasteiger partial charge on any atom is -0.115 e. The number of rotatable bonds is 2. The Hall–Kier alpha value is -1.22. The molecule has 0 aromatic carbocycles. The smallest absolute Gasteiger partial charge is 0.0236 e. The van der Waals surface area contributed by atoms with Crippen LogP contribution < -0.4 is 0 Å². The lowest BCUT2D eigenvalue weighted by molar-refractivity contribution is 1.50. The summed E-state index contributed by atoms with van der Waals surface area (Å²) in [6, 6.07) is 0. The maximum Gasteiger partial charge on any atom is 0.0236 e. The molecule has 0 bridgehead atoms. The summed E-state index contributed by atoms with van der Waals surface area (Å²) in [6.07, 6.45) is 10.0. The van der Waals surface area contributed by atoms with Crippen molar-refractivity contribution in [2.24, 2.45) is 0 Å². The van der Waals surface area contributed by atoms with E-state index in [9.17, 15) is 0 Å². The standard InChI is InChI=1S/C8H8.C2H6/c1-4-7-8(5-2)6-3;1-2/h2,4,6-7H,1,3H2;1-2H3/b8-7-;. The summed E-state index contributed by atoms with van der Waals surface area (Å²) in [5, 5.41) is 0. The van der Waals surface area contributed by atoms with Crippen molar-refractivity contribution in [1.82, 2.24) is 0 Å². The largest absolute Gasteiger partial charge is 0.115 e. The van der Waals surface area contributed by atoms with E-state index in [1.54, 1.807) is 18.2 Å². The Balaban J connectivity index is 0. The van der Waals surface area contributed by atoms with Crippen LogP contribution in [0, 0.1) is 12.3 Å². The van der Waals surface area contributed by atoms with Crippen molar-refractivity contribution in [3.63, 3.8) is 0 Å². The molecule has 0 aliphatic carbocycles. The van der Waals surface area contributed by atoms with E-state index in [0.29, 0.717) is 0 Å². The molecule has 0 radical (unpaired) electrons. The first-order valence-corrected chi connectivity index (χ1v) is 3.27. The van der Waals surface area contributed by atoms with Gasteiger partial charge in [0.15, 0.2) is 0 Å². The van der Waals surface area contributed by atoms with Crippen LogP contribution in [0.25, 0.3) is 0 Å². The molecule has 0 aromatic heterocycles. The summed E-state index contributed by atoms with van der Waals surface area (Å²) in [6.45, 7) is 11.0. The van der Waals surface area contributed by atoms with Crippen molar-refractivity contribution in [2.45, 2.75) is 13.8 Å². The Labute approximate surface area is 64.0 Å². The Bertz CT molecular complexity index is 153. The van der Waals surface area contributed by atoms with E-state index in [0.717, 1.165) is 5.57 Å². The van der Waals surface area contributed by atoms with Gasteiger partial charge in [-0.3, -0.25) is 0 Å². The SMILES string of the molecule is C#C/C(C=C)=C/C=C.CC. The summed E-state index contributed by atoms with van der Waals surface area (Å²) in [4.78, 5) is 0. The predicted octanol–water partition coefficient (Wildman–Crippen LogP) is 2.94. The van der Waals surface area contributed by atoms with Crippen LogP contribution in [0.15, 0.2) is 37.0 Å². The van der Waals surface area contributed by atoms with Crippen molar-refractivity contribution in [3.05, 3.63) is 37.0 Å². The minimum absolute atomic E-state index is 0.764. The fourth-order valence-electron chi connectivity index (χ4n) is 0.302. The summed E-state index contributed by atoms with van der Waals surface area (Å²) in [7, 11) is 0. The second-order valence-corrected chi connectivity index (χ2v) is 1.21. The molecule has 0 aromatic rings. The zero-order chi connectivity index (χ0) is 8.41. The Morgan fingerprint density at radius 1 is 1.40 bits per heavy atom. The molecule has 54 valence electrons. The first kappa shape index (κ1) is 11.6. The quantitative estimate of drug-likeness (QED) is 0.402. The first-order valence-electron chi connectivity index (χ1n) is 3.27. The van der Waals surface area contributed by atoms with Crippen molar-refractivity contribution in [1.29, 1.82) is 0 Å². The molecule has 0 spiro atoms. The number of hydrogen-bond acceptors (Lipinski definition) is 0. The van der Waals surface area contributed by atoms with Gasteiger partial charge in [-0.2, -0.15) is 0 Å². The second kappa shape index (κ2) is 10.7. The van der Waals surface area contributed by atoms with Gasteiger partial charge in [0.2, 0.25) is 0 Å². The van der Waals surface area contributed by atoms with Crippen LogP contribution in [0.5, 0.6) is 0 Å². The van der Waals surface area contributed by atoms with Gasteiger partial charge in [0.25, 0.3) is 0 Å². The van der Waals surface area contributed by atoms with Crippen molar-refractivity contribution in [3.8, 4) is 12.3 Å². The van der Waals surface area contributed by atoms with Crippen molar-refractivity contribution >= 4 is 0 Å². The van der Waals surface area contributed by atoms with Gasteiger partial charge < -0.3 is 0 Å². The molecule has 0 saturated heterocycles. The number of allylic oxidation sites excluding steroid dienone is 4. The fourth-order valence-corrected chi connectivity index (χ4v) is 0.302. The highest BCUT2D eigenvalue weighted by Crippen LogP contribution is 1.90. The van der Waals surface area contributed by atoms with Gasteiger partial charge in [-0.1, -0.05) is 45.1 Å². The third kappa shape index (κ3) is 6.78. The predicted molar refractivity (Wildman–Crippen MR) is 48.7 cm³/mol. The van der Waals surface area contributed by atoms with Gasteiger partial charge in [-0.05, 0) is 6.08 Å². The van der Waals surface area contributed by atoms with Crippen molar-refractivity contribution < 1.29 is 0 Å². The Kier molecular flexibility index (Phi) is 12.4. The summed E-state index contributed by atoms with van der Waals surface area (Å²) in [5.74, 6) is 2.42. The zero-order valence-electron chi connectivity index (χ0n) is 6.72. The third-order valence-electron chi connectivity index (χ3n) is 0.684. The van der Waals surface area contributed by atoms with E-state index in [1.165, 1.54) is 0 Å².